The van der Waals surface area contributed by atoms with Gasteiger partial charge in [0.25, 0.3) is 0 Å². The number of aromatic nitrogens is 3. The van der Waals surface area contributed by atoms with E-state index in [0.717, 1.165) is 37.1 Å². The number of hydrogen-bond acceptors (Lipinski definition) is 4. The van der Waals surface area contributed by atoms with E-state index in [1.165, 1.54) is 0 Å². The molecule has 0 saturated carbocycles. The lowest BCUT2D eigenvalue weighted by Crippen LogP contribution is -2.25. The van der Waals surface area contributed by atoms with Crippen LogP contribution in [0.25, 0.3) is 11.4 Å². The third kappa shape index (κ3) is 3.71. The molecular weight excluding hydrogens is 280 g/mol. The standard InChI is InChI=1S/C16H20N4O2/c1-20-11-17-16(19-20)12-5-7-13(8-6-12)18-15(21)10-14-4-2-3-9-22-14/h5-8,11,14H,2-4,9-10H2,1H3,(H,18,21). The molecule has 1 aliphatic heterocycles. The number of rotatable bonds is 4. The van der Waals surface area contributed by atoms with Gasteiger partial charge in [0.2, 0.25) is 5.91 Å². The van der Waals surface area contributed by atoms with Crippen molar-refractivity contribution in [3.05, 3.63) is 30.6 Å². The molecule has 6 heteroatoms. The van der Waals surface area contributed by atoms with Crippen LogP contribution in [-0.4, -0.2) is 33.4 Å². The van der Waals surface area contributed by atoms with E-state index in [0.29, 0.717) is 12.2 Å². The van der Waals surface area contributed by atoms with Gasteiger partial charge in [-0.15, -0.1) is 0 Å². The average molecular weight is 300 g/mol. The van der Waals surface area contributed by atoms with Crippen molar-refractivity contribution in [3.63, 3.8) is 0 Å². The van der Waals surface area contributed by atoms with E-state index < -0.39 is 0 Å². The highest BCUT2D eigenvalue weighted by Gasteiger charge is 2.17. The summed E-state index contributed by atoms with van der Waals surface area (Å²) < 4.78 is 7.25. The van der Waals surface area contributed by atoms with Gasteiger partial charge in [-0.25, -0.2) is 4.98 Å². The number of carbonyl (C=O) groups excluding carboxylic acids is 1. The van der Waals surface area contributed by atoms with Crippen LogP contribution in [0.2, 0.25) is 0 Å². The van der Waals surface area contributed by atoms with Crippen molar-refractivity contribution in [2.24, 2.45) is 7.05 Å². The summed E-state index contributed by atoms with van der Waals surface area (Å²) in [6.45, 7) is 0.768. The van der Waals surface area contributed by atoms with Crippen molar-refractivity contribution in [1.82, 2.24) is 14.8 Å². The van der Waals surface area contributed by atoms with Crippen LogP contribution in [0.15, 0.2) is 30.6 Å². The predicted molar refractivity (Wildman–Crippen MR) is 83.3 cm³/mol. The number of carbonyl (C=O) groups is 1. The minimum atomic E-state index is -0.00406. The molecule has 1 N–H and O–H groups in total. The van der Waals surface area contributed by atoms with Crippen LogP contribution >= 0.6 is 0 Å². The second-order valence-corrected chi connectivity index (χ2v) is 5.56. The van der Waals surface area contributed by atoms with E-state index >= 15 is 0 Å². The lowest BCUT2D eigenvalue weighted by atomic mass is 10.1. The van der Waals surface area contributed by atoms with Crippen LogP contribution in [-0.2, 0) is 16.6 Å². The summed E-state index contributed by atoms with van der Waals surface area (Å²) in [4.78, 5) is 16.2. The maximum Gasteiger partial charge on any atom is 0.226 e. The lowest BCUT2D eigenvalue weighted by molar-refractivity contribution is -0.119. The summed E-state index contributed by atoms with van der Waals surface area (Å²) in [5, 5.41) is 7.16. The van der Waals surface area contributed by atoms with Crippen molar-refractivity contribution in [2.45, 2.75) is 31.8 Å². The molecule has 3 rings (SSSR count). The highest BCUT2D eigenvalue weighted by molar-refractivity contribution is 5.91. The molecule has 0 spiro atoms. The molecule has 0 aliphatic carbocycles. The lowest BCUT2D eigenvalue weighted by Gasteiger charge is -2.21. The second-order valence-electron chi connectivity index (χ2n) is 5.56. The van der Waals surface area contributed by atoms with Crippen LogP contribution in [0, 0.1) is 0 Å². The van der Waals surface area contributed by atoms with Crippen molar-refractivity contribution >= 4 is 11.6 Å². The van der Waals surface area contributed by atoms with Crippen LogP contribution in [0.5, 0.6) is 0 Å². The molecule has 1 aromatic carbocycles. The Hall–Kier alpha value is -2.21. The fourth-order valence-corrected chi connectivity index (χ4v) is 2.56. The van der Waals surface area contributed by atoms with Gasteiger partial charge in [-0.3, -0.25) is 9.48 Å². The van der Waals surface area contributed by atoms with Crippen molar-refractivity contribution in [3.8, 4) is 11.4 Å². The minimum absolute atomic E-state index is 0.00406. The molecule has 0 bridgehead atoms. The third-order valence-corrected chi connectivity index (χ3v) is 3.71. The Kier molecular flexibility index (Phi) is 4.48. The Morgan fingerprint density at radius 3 is 2.82 bits per heavy atom. The molecule has 1 saturated heterocycles. The Labute approximate surface area is 129 Å². The summed E-state index contributed by atoms with van der Waals surface area (Å²) in [5.74, 6) is 0.673. The first-order valence-corrected chi connectivity index (χ1v) is 7.58. The number of aryl methyl sites for hydroxylation is 1. The van der Waals surface area contributed by atoms with E-state index in [1.54, 1.807) is 11.0 Å². The molecule has 6 nitrogen and oxygen atoms in total. The molecule has 22 heavy (non-hydrogen) atoms. The van der Waals surface area contributed by atoms with Crippen molar-refractivity contribution < 1.29 is 9.53 Å². The van der Waals surface area contributed by atoms with Crippen LogP contribution in [0.1, 0.15) is 25.7 Å². The SMILES string of the molecule is Cn1cnc(-c2ccc(NC(=O)CC3CCCCO3)cc2)n1. The maximum absolute atomic E-state index is 12.0. The molecule has 1 fully saturated rings. The molecule has 1 atom stereocenters. The zero-order valence-corrected chi connectivity index (χ0v) is 12.7. The van der Waals surface area contributed by atoms with Crippen LogP contribution in [0.3, 0.4) is 0 Å². The van der Waals surface area contributed by atoms with Gasteiger partial charge in [-0.2, -0.15) is 5.10 Å². The quantitative estimate of drug-likeness (QED) is 0.941. The van der Waals surface area contributed by atoms with Gasteiger partial charge in [0.15, 0.2) is 5.82 Å². The molecule has 1 aliphatic rings. The summed E-state index contributed by atoms with van der Waals surface area (Å²) >= 11 is 0. The second kappa shape index (κ2) is 6.70. The Balaban J connectivity index is 1.57. The highest BCUT2D eigenvalue weighted by atomic mass is 16.5. The first-order valence-electron chi connectivity index (χ1n) is 7.58. The van der Waals surface area contributed by atoms with Gasteiger partial charge in [-0.05, 0) is 43.5 Å². The van der Waals surface area contributed by atoms with Gasteiger partial charge in [-0.1, -0.05) is 0 Å². The molecule has 1 aromatic heterocycles. The van der Waals surface area contributed by atoms with Gasteiger partial charge in [0.1, 0.15) is 6.33 Å². The van der Waals surface area contributed by atoms with Gasteiger partial charge >= 0.3 is 0 Å². The molecule has 2 aromatic rings. The van der Waals surface area contributed by atoms with Gasteiger partial charge < -0.3 is 10.1 Å². The molecule has 116 valence electrons. The third-order valence-electron chi connectivity index (χ3n) is 3.71. The number of benzene rings is 1. The Bertz CT molecular complexity index is 630. The first kappa shape index (κ1) is 14.7. The van der Waals surface area contributed by atoms with Crippen LogP contribution < -0.4 is 5.32 Å². The number of ether oxygens (including phenoxy) is 1. The van der Waals surface area contributed by atoms with Gasteiger partial charge in [0.05, 0.1) is 12.5 Å². The summed E-state index contributed by atoms with van der Waals surface area (Å²) in [6, 6.07) is 7.54. The summed E-state index contributed by atoms with van der Waals surface area (Å²) in [5.41, 5.74) is 1.70. The Morgan fingerprint density at radius 1 is 1.36 bits per heavy atom. The normalized spacial score (nSPS) is 18.1. The minimum Gasteiger partial charge on any atom is -0.378 e. The predicted octanol–water partition coefficient (Wildman–Crippen LogP) is 2.38. The zero-order valence-electron chi connectivity index (χ0n) is 12.7. The van der Waals surface area contributed by atoms with Crippen molar-refractivity contribution in [1.29, 1.82) is 0 Å². The molecule has 1 amide bonds. The molecule has 0 radical (unpaired) electrons. The largest absolute Gasteiger partial charge is 0.378 e. The number of anilines is 1. The number of nitrogens with zero attached hydrogens (tertiary/aromatic N) is 3. The fraction of sp³-hybridized carbons (Fsp3) is 0.438. The Morgan fingerprint density at radius 2 is 2.18 bits per heavy atom. The summed E-state index contributed by atoms with van der Waals surface area (Å²) in [6.07, 6.45) is 5.35. The topological polar surface area (TPSA) is 69.0 Å². The number of amides is 1. The number of nitrogens with one attached hydrogen (secondary N) is 1. The van der Waals surface area contributed by atoms with Gasteiger partial charge in [0, 0.05) is 24.9 Å². The average Bonchev–Trinajstić information content (AvgIpc) is 2.95. The van der Waals surface area contributed by atoms with E-state index in [2.05, 4.69) is 15.4 Å². The van der Waals surface area contributed by atoms with E-state index in [9.17, 15) is 4.79 Å². The highest BCUT2D eigenvalue weighted by Crippen LogP contribution is 2.19. The maximum atomic E-state index is 12.0. The summed E-state index contributed by atoms with van der Waals surface area (Å²) in [7, 11) is 1.83. The molecule has 1 unspecified atom stereocenters. The zero-order chi connectivity index (χ0) is 15.4. The molecule has 2 heterocycles. The number of hydrogen-bond donors (Lipinski definition) is 1. The van der Waals surface area contributed by atoms with E-state index in [1.807, 2.05) is 31.3 Å². The van der Waals surface area contributed by atoms with E-state index in [4.69, 9.17) is 4.74 Å². The fourth-order valence-electron chi connectivity index (χ4n) is 2.56. The first-order chi connectivity index (χ1) is 10.7. The smallest absolute Gasteiger partial charge is 0.226 e. The van der Waals surface area contributed by atoms with Crippen LogP contribution in [0.4, 0.5) is 5.69 Å². The van der Waals surface area contributed by atoms with E-state index in [-0.39, 0.29) is 12.0 Å². The van der Waals surface area contributed by atoms with Crippen molar-refractivity contribution in [2.75, 3.05) is 11.9 Å². The molecular formula is C16H20N4O2. The monoisotopic (exact) mass is 300 g/mol.